The molecule has 120 valence electrons. The van der Waals surface area contributed by atoms with Crippen molar-refractivity contribution in [3.8, 4) is 0 Å². The van der Waals surface area contributed by atoms with E-state index >= 15 is 0 Å². The molecule has 1 amide bonds. The predicted molar refractivity (Wildman–Crippen MR) is 95.2 cm³/mol. The van der Waals surface area contributed by atoms with Gasteiger partial charge in [-0.3, -0.25) is 9.78 Å². The Bertz CT molecular complexity index is 588. The molecule has 22 heavy (non-hydrogen) atoms. The molecule has 0 unspecified atom stereocenters. The molecule has 0 spiro atoms. The number of halogens is 2. The maximum atomic E-state index is 12.2. The third-order valence-electron chi connectivity index (χ3n) is 3.00. The van der Waals surface area contributed by atoms with Crippen molar-refractivity contribution in [2.24, 2.45) is 0 Å². The normalized spacial score (nSPS) is 9.36. The number of amides is 1. The zero-order valence-electron chi connectivity index (χ0n) is 12.6. The van der Waals surface area contributed by atoms with Crippen LogP contribution in [0.4, 0.5) is 5.69 Å². The van der Waals surface area contributed by atoms with E-state index in [0.29, 0.717) is 5.56 Å². The van der Waals surface area contributed by atoms with Crippen LogP contribution >= 0.6 is 24.8 Å². The number of hydrogen-bond acceptors (Lipinski definition) is 3. The van der Waals surface area contributed by atoms with Gasteiger partial charge in [0.2, 0.25) is 0 Å². The Morgan fingerprint density at radius 3 is 2.50 bits per heavy atom. The Morgan fingerprint density at radius 1 is 1.14 bits per heavy atom. The fraction of sp³-hybridized carbons (Fsp3) is 0.250. The highest BCUT2D eigenvalue weighted by atomic mass is 35.5. The summed E-state index contributed by atoms with van der Waals surface area (Å²) in [4.78, 5) is 16.3. The fourth-order valence-electron chi connectivity index (χ4n) is 1.85. The Labute approximate surface area is 143 Å². The standard InChI is InChI=1S/C16H19N3O.2ClH/c1-3-17-10-13-6-4-5-7-15(13)19-16(20)14-9-8-12(2)18-11-14;;/h4-9,11,17H,3,10H2,1-2H3,(H,19,20);2*1H. The van der Waals surface area contributed by atoms with Gasteiger partial charge in [0.05, 0.1) is 5.56 Å². The molecule has 0 aliphatic carbocycles. The number of anilines is 1. The lowest BCUT2D eigenvalue weighted by Gasteiger charge is -2.11. The first-order valence-corrected chi connectivity index (χ1v) is 6.73. The molecule has 0 aliphatic heterocycles. The van der Waals surface area contributed by atoms with Crippen molar-refractivity contribution in [1.29, 1.82) is 0 Å². The molecule has 2 N–H and O–H groups in total. The minimum absolute atomic E-state index is 0. The molecule has 2 rings (SSSR count). The Balaban J connectivity index is 0.00000220. The third-order valence-corrected chi connectivity index (χ3v) is 3.00. The molecule has 0 atom stereocenters. The van der Waals surface area contributed by atoms with Gasteiger partial charge in [-0.1, -0.05) is 25.1 Å². The molecule has 1 aromatic carbocycles. The number of benzene rings is 1. The first-order chi connectivity index (χ1) is 9.70. The van der Waals surface area contributed by atoms with E-state index in [1.807, 2.05) is 37.3 Å². The highest BCUT2D eigenvalue weighted by Crippen LogP contribution is 2.16. The van der Waals surface area contributed by atoms with Crippen LogP contribution in [0.2, 0.25) is 0 Å². The summed E-state index contributed by atoms with van der Waals surface area (Å²) in [5.41, 5.74) is 3.37. The van der Waals surface area contributed by atoms with Crippen LogP contribution in [-0.4, -0.2) is 17.4 Å². The van der Waals surface area contributed by atoms with Crippen LogP contribution < -0.4 is 10.6 Å². The van der Waals surface area contributed by atoms with E-state index in [1.54, 1.807) is 12.3 Å². The van der Waals surface area contributed by atoms with Gasteiger partial charge < -0.3 is 10.6 Å². The second-order valence-electron chi connectivity index (χ2n) is 4.58. The Morgan fingerprint density at radius 2 is 1.86 bits per heavy atom. The smallest absolute Gasteiger partial charge is 0.257 e. The predicted octanol–water partition coefficient (Wildman–Crippen LogP) is 3.60. The van der Waals surface area contributed by atoms with Gasteiger partial charge in [-0.05, 0) is 37.2 Å². The quantitative estimate of drug-likeness (QED) is 0.873. The summed E-state index contributed by atoms with van der Waals surface area (Å²) in [6, 6.07) is 11.4. The van der Waals surface area contributed by atoms with Crippen molar-refractivity contribution in [2.75, 3.05) is 11.9 Å². The number of nitrogens with one attached hydrogen (secondary N) is 2. The molecule has 6 heteroatoms. The van der Waals surface area contributed by atoms with Crippen LogP contribution in [0.25, 0.3) is 0 Å². The number of aryl methyl sites for hydroxylation is 1. The van der Waals surface area contributed by atoms with Crippen molar-refractivity contribution in [3.05, 3.63) is 59.4 Å². The summed E-state index contributed by atoms with van der Waals surface area (Å²) < 4.78 is 0. The van der Waals surface area contributed by atoms with Crippen LogP contribution in [0.1, 0.15) is 28.5 Å². The molecule has 0 bridgehead atoms. The Kier molecular flexibility index (Phi) is 9.42. The lowest BCUT2D eigenvalue weighted by atomic mass is 10.1. The molecule has 1 aromatic heterocycles. The summed E-state index contributed by atoms with van der Waals surface area (Å²) in [5.74, 6) is -0.138. The molecule has 0 radical (unpaired) electrons. The molecule has 0 saturated heterocycles. The number of aromatic nitrogens is 1. The molecule has 1 heterocycles. The van der Waals surface area contributed by atoms with Crippen LogP contribution in [0.3, 0.4) is 0 Å². The van der Waals surface area contributed by atoms with Crippen LogP contribution in [0, 0.1) is 6.92 Å². The van der Waals surface area contributed by atoms with E-state index in [-0.39, 0.29) is 30.7 Å². The molecule has 0 saturated carbocycles. The highest BCUT2D eigenvalue weighted by Gasteiger charge is 2.08. The van der Waals surface area contributed by atoms with E-state index in [4.69, 9.17) is 0 Å². The molecule has 2 aromatic rings. The summed E-state index contributed by atoms with van der Waals surface area (Å²) in [5, 5.41) is 6.20. The van der Waals surface area contributed by atoms with Gasteiger partial charge >= 0.3 is 0 Å². The topological polar surface area (TPSA) is 54.0 Å². The van der Waals surface area contributed by atoms with Crippen LogP contribution in [0.5, 0.6) is 0 Å². The number of hydrogen-bond donors (Lipinski definition) is 2. The molecular formula is C16H21Cl2N3O. The van der Waals surface area contributed by atoms with Crippen molar-refractivity contribution in [2.45, 2.75) is 20.4 Å². The van der Waals surface area contributed by atoms with Gasteiger partial charge in [0.15, 0.2) is 0 Å². The molecule has 4 nitrogen and oxygen atoms in total. The molecular weight excluding hydrogens is 321 g/mol. The van der Waals surface area contributed by atoms with Crippen molar-refractivity contribution >= 4 is 36.4 Å². The monoisotopic (exact) mass is 341 g/mol. The van der Waals surface area contributed by atoms with Gasteiger partial charge in [-0.25, -0.2) is 0 Å². The van der Waals surface area contributed by atoms with Gasteiger partial charge in [-0.2, -0.15) is 0 Å². The number of nitrogens with zero attached hydrogens (tertiary/aromatic N) is 1. The average Bonchev–Trinajstić information content (AvgIpc) is 2.47. The zero-order valence-corrected chi connectivity index (χ0v) is 14.3. The summed E-state index contributed by atoms with van der Waals surface area (Å²) in [6.45, 7) is 5.58. The maximum Gasteiger partial charge on any atom is 0.257 e. The average molecular weight is 342 g/mol. The van der Waals surface area contributed by atoms with Crippen molar-refractivity contribution < 1.29 is 4.79 Å². The number of carbonyl (C=O) groups excluding carboxylic acids is 1. The van der Waals surface area contributed by atoms with Gasteiger partial charge in [0.25, 0.3) is 5.91 Å². The SMILES string of the molecule is CCNCc1ccccc1NC(=O)c1ccc(C)nc1.Cl.Cl. The van der Waals surface area contributed by atoms with E-state index in [2.05, 4.69) is 22.5 Å². The van der Waals surface area contributed by atoms with E-state index < -0.39 is 0 Å². The number of carbonyl (C=O) groups is 1. The lowest BCUT2D eigenvalue weighted by molar-refractivity contribution is 0.102. The maximum absolute atomic E-state index is 12.2. The van der Waals surface area contributed by atoms with Gasteiger partial charge in [-0.15, -0.1) is 24.8 Å². The van der Waals surface area contributed by atoms with Gasteiger partial charge in [0.1, 0.15) is 0 Å². The van der Waals surface area contributed by atoms with E-state index in [1.165, 1.54) is 0 Å². The van der Waals surface area contributed by atoms with Crippen molar-refractivity contribution in [3.63, 3.8) is 0 Å². The fourth-order valence-corrected chi connectivity index (χ4v) is 1.85. The van der Waals surface area contributed by atoms with Crippen LogP contribution in [0.15, 0.2) is 42.6 Å². The van der Waals surface area contributed by atoms with E-state index in [9.17, 15) is 4.79 Å². The second-order valence-corrected chi connectivity index (χ2v) is 4.58. The number of pyridine rings is 1. The third kappa shape index (κ3) is 5.64. The summed E-state index contributed by atoms with van der Waals surface area (Å²) in [7, 11) is 0. The minimum Gasteiger partial charge on any atom is -0.322 e. The minimum atomic E-state index is -0.138. The van der Waals surface area contributed by atoms with E-state index in [0.717, 1.165) is 30.0 Å². The summed E-state index contributed by atoms with van der Waals surface area (Å²) in [6.07, 6.45) is 1.59. The largest absolute Gasteiger partial charge is 0.322 e. The van der Waals surface area contributed by atoms with Gasteiger partial charge in [0, 0.05) is 24.1 Å². The van der Waals surface area contributed by atoms with Crippen molar-refractivity contribution in [1.82, 2.24) is 10.3 Å². The zero-order chi connectivity index (χ0) is 14.4. The number of rotatable bonds is 5. The lowest BCUT2D eigenvalue weighted by Crippen LogP contribution is -2.17. The first kappa shape index (κ1) is 20.4. The second kappa shape index (κ2) is 10.2. The highest BCUT2D eigenvalue weighted by molar-refractivity contribution is 6.04. The first-order valence-electron chi connectivity index (χ1n) is 6.73. The molecule has 0 fully saturated rings. The molecule has 0 aliphatic rings. The van der Waals surface area contributed by atoms with Crippen LogP contribution in [-0.2, 0) is 6.54 Å². The Hall–Kier alpha value is -1.62. The number of para-hydroxylation sites is 1. The summed E-state index contributed by atoms with van der Waals surface area (Å²) >= 11 is 0.